The molecule has 1 aromatic heterocycles. The quantitative estimate of drug-likeness (QED) is 0.908. The first-order valence-corrected chi connectivity index (χ1v) is 7.95. The SMILES string of the molecule is Cc1cc(NC(=O)NC2(C)CCOCC2)nn1-c1cccc(F)c1. The number of amides is 2. The van der Waals surface area contributed by atoms with Crippen LogP contribution in [0.15, 0.2) is 30.3 Å². The summed E-state index contributed by atoms with van der Waals surface area (Å²) < 4.78 is 20.3. The Kier molecular flexibility index (Phi) is 4.53. The van der Waals surface area contributed by atoms with Gasteiger partial charge in [0.25, 0.3) is 0 Å². The van der Waals surface area contributed by atoms with Gasteiger partial charge in [-0.2, -0.15) is 0 Å². The molecule has 7 heteroatoms. The van der Waals surface area contributed by atoms with Crippen LogP contribution in [0.5, 0.6) is 0 Å². The topological polar surface area (TPSA) is 68.2 Å². The molecule has 0 atom stereocenters. The molecule has 2 heterocycles. The standard InChI is InChI=1S/C17H21FN4O2/c1-12-10-15(21-22(12)14-5-3-4-13(18)11-14)19-16(23)20-17(2)6-8-24-9-7-17/h3-5,10-11H,6-9H2,1-2H3,(H2,19,20,21,23). The van der Waals surface area contributed by atoms with Crippen LogP contribution in [0.4, 0.5) is 15.0 Å². The molecule has 128 valence electrons. The fourth-order valence-corrected chi connectivity index (χ4v) is 2.77. The summed E-state index contributed by atoms with van der Waals surface area (Å²) in [5, 5.41) is 10.1. The van der Waals surface area contributed by atoms with Crippen molar-refractivity contribution < 1.29 is 13.9 Å². The van der Waals surface area contributed by atoms with E-state index in [4.69, 9.17) is 4.74 Å². The van der Waals surface area contributed by atoms with Crippen LogP contribution in [-0.4, -0.2) is 34.6 Å². The van der Waals surface area contributed by atoms with Crippen molar-refractivity contribution in [2.45, 2.75) is 32.2 Å². The highest BCUT2D eigenvalue weighted by Gasteiger charge is 2.29. The number of benzene rings is 1. The van der Waals surface area contributed by atoms with E-state index in [1.54, 1.807) is 22.9 Å². The van der Waals surface area contributed by atoms with E-state index in [0.717, 1.165) is 18.5 Å². The monoisotopic (exact) mass is 332 g/mol. The number of carbonyl (C=O) groups excluding carboxylic acids is 1. The number of nitrogens with one attached hydrogen (secondary N) is 2. The zero-order valence-corrected chi connectivity index (χ0v) is 13.8. The molecule has 1 fully saturated rings. The van der Waals surface area contributed by atoms with Crippen molar-refractivity contribution >= 4 is 11.8 Å². The van der Waals surface area contributed by atoms with Crippen LogP contribution in [0.1, 0.15) is 25.5 Å². The molecule has 1 aliphatic rings. The summed E-state index contributed by atoms with van der Waals surface area (Å²) in [6.45, 7) is 5.14. The van der Waals surface area contributed by atoms with Gasteiger partial charge >= 0.3 is 6.03 Å². The van der Waals surface area contributed by atoms with Gasteiger partial charge in [0.15, 0.2) is 5.82 Å². The Hall–Kier alpha value is -2.41. The first-order chi connectivity index (χ1) is 11.5. The third-order valence-electron chi connectivity index (χ3n) is 4.19. The predicted molar refractivity (Wildman–Crippen MR) is 88.9 cm³/mol. The van der Waals surface area contributed by atoms with Crippen molar-refractivity contribution in [3.63, 3.8) is 0 Å². The Balaban J connectivity index is 1.70. The zero-order valence-electron chi connectivity index (χ0n) is 13.8. The summed E-state index contributed by atoms with van der Waals surface area (Å²) in [7, 11) is 0. The molecule has 0 saturated carbocycles. The van der Waals surface area contributed by atoms with Crippen molar-refractivity contribution in [3.8, 4) is 5.69 Å². The fourth-order valence-electron chi connectivity index (χ4n) is 2.77. The largest absolute Gasteiger partial charge is 0.381 e. The second-order valence-electron chi connectivity index (χ2n) is 6.31. The molecule has 24 heavy (non-hydrogen) atoms. The summed E-state index contributed by atoms with van der Waals surface area (Å²) in [6, 6.07) is 7.60. The van der Waals surface area contributed by atoms with Crippen molar-refractivity contribution in [2.24, 2.45) is 0 Å². The van der Waals surface area contributed by atoms with E-state index in [0.29, 0.717) is 24.7 Å². The van der Waals surface area contributed by atoms with Gasteiger partial charge < -0.3 is 10.1 Å². The minimum atomic E-state index is -0.331. The number of aryl methyl sites for hydroxylation is 1. The Labute approximate surface area is 140 Å². The van der Waals surface area contributed by atoms with Gasteiger partial charge in [-0.05, 0) is 44.9 Å². The van der Waals surface area contributed by atoms with Crippen LogP contribution in [0.25, 0.3) is 5.69 Å². The average molecular weight is 332 g/mol. The molecule has 1 aliphatic heterocycles. The van der Waals surface area contributed by atoms with Gasteiger partial charge in [0, 0.05) is 30.5 Å². The maximum atomic E-state index is 13.4. The zero-order chi connectivity index (χ0) is 17.2. The smallest absolute Gasteiger partial charge is 0.320 e. The molecule has 0 spiro atoms. The fraction of sp³-hybridized carbons (Fsp3) is 0.412. The maximum absolute atomic E-state index is 13.4. The van der Waals surface area contributed by atoms with E-state index in [1.165, 1.54) is 12.1 Å². The van der Waals surface area contributed by atoms with Crippen LogP contribution in [0.2, 0.25) is 0 Å². The van der Waals surface area contributed by atoms with Gasteiger partial charge in [-0.15, -0.1) is 5.10 Å². The number of rotatable bonds is 3. The van der Waals surface area contributed by atoms with Gasteiger partial charge in [-0.1, -0.05) is 6.07 Å². The Morgan fingerprint density at radius 1 is 1.33 bits per heavy atom. The normalized spacial score (nSPS) is 16.6. The molecule has 0 bridgehead atoms. The lowest BCUT2D eigenvalue weighted by Gasteiger charge is -2.34. The van der Waals surface area contributed by atoms with E-state index in [1.807, 2.05) is 13.8 Å². The van der Waals surface area contributed by atoms with E-state index in [-0.39, 0.29) is 17.4 Å². The van der Waals surface area contributed by atoms with Gasteiger partial charge in [-0.25, -0.2) is 13.9 Å². The van der Waals surface area contributed by atoms with Crippen LogP contribution in [-0.2, 0) is 4.74 Å². The summed E-state index contributed by atoms with van der Waals surface area (Å²) in [5.41, 5.74) is 1.13. The molecular formula is C17H21FN4O2. The lowest BCUT2D eigenvalue weighted by atomic mass is 9.93. The second-order valence-corrected chi connectivity index (χ2v) is 6.31. The van der Waals surface area contributed by atoms with Gasteiger partial charge in [0.2, 0.25) is 0 Å². The van der Waals surface area contributed by atoms with Gasteiger partial charge in [-0.3, -0.25) is 5.32 Å². The van der Waals surface area contributed by atoms with Gasteiger partial charge in [0.05, 0.1) is 5.69 Å². The van der Waals surface area contributed by atoms with E-state index in [9.17, 15) is 9.18 Å². The molecule has 1 aromatic carbocycles. The Morgan fingerprint density at radius 3 is 2.79 bits per heavy atom. The molecule has 6 nitrogen and oxygen atoms in total. The molecule has 0 unspecified atom stereocenters. The molecule has 1 saturated heterocycles. The van der Waals surface area contributed by atoms with Crippen molar-refractivity contribution in [1.29, 1.82) is 0 Å². The first kappa shape index (κ1) is 16.4. The third-order valence-corrected chi connectivity index (χ3v) is 4.19. The summed E-state index contributed by atoms with van der Waals surface area (Å²) in [4.78, 5) is 12.2. The Morgan fingerprint density at radius 2 is 2.08 bits per heavy atom. The van der Waals surface area contributed by atoms with Crippen molar-refractivity contribution in [2.75, 3.05) is 18.5 Å². The number of ether oxygens (including phenoxy) is 1. The molecule has 2 aromatic rings. The number of anilines is 1. The number of nitrogens with zero attached hydrogens (tertiary/aromatic N) is 2. The first-order valence-electron chi connectivity index (χ1n) is 7.95. The number of hydrogen-bond donors (Lipinski definition) is 2. The highest BCUT2D eigenvalue weighted by atomic mass is 19.1. The number of halogens is 1. The summed E-state index contributed by atoms with van der Waals surface area (Å²) in [6.07, 6.45) is 1.55. The molecule has 0 radical (unpaired) electrons. The Bertz CT molecular complexity index is 738. The third kappa shape index (κ3) is 3.73. The van der Waals surface area contributed by atoms with Crippen molar-refractivity contribution in [1.82, 2.24) is 15.1 Å². The van der Waals surface area contributed by atoms with Crippen LogP contribution >= 0.6 is 0 Å². The number of urea groups is 1. The molecule has 0 aliphatic carbocycles. The number of aromatic nitrogens is 2. The lowest BCUT2D eigenvalue weighted by Crippen LogP contribution is -2.51. The van der Waals surface area contributed by atoms with Crippen LogP contribution in [0, 0.1) is 12.7 Å². The van der Waals surface area contributed by atoms with Crippen LogP contribution in [0.3, 0.4) is 0 Å². The second kappa shape index (κ2) is 6.60. The number of carbonyl (C=O) groups is 1. The van der Waals surface area contributed by atoms with Gasteiger partial charge in [0.1, 0.15) is 5.82 Å². The van der Waals surface area contributed by atoms with E-state index >= 15 is 0 Å². The molecular weight excluding hydrogens is 311 g/mol. The minimum absolute atomic E-state index is 0.275. The lowest BCUT2D eigenvalue weighted by molar-refractivity contribution is 0.0499. The molecule has 3 rings (SSSR count). The summed E-state index contributed by atoms with van der Waals surface area (Å²) in [5.74, 6) is 0.0898. The average Bonchev–Trinajstić information content (AvgIpc) is 2.87. The summed E-state index contributed by atoms with van der Waals surface area (Å²) >= 11 is 0. The van der Waals surface area contributed by atoms with Crippen molar-refractivity contribution in [3.05, 3.63) is 41.8 Å². The molecule has 2 N–H and O–H groups in total. The van der Waals surface area contributed by atoms with E-state index in [2.05, 4.69) is 15.7 Å². The highest BCUT2D eigenvalue weighted by Crippen LogP contribution is 2.20. The predicted octanol–water partition coefficient (Wildman–Crippen LogP) is 3.01. The van der Waals surface area contributed by atoms with Crippen LogP contribution < -0.4 is 10.6 Å². The molecule has 2 amide bonds. The minimum Gasteiger partial charge on any atom is -0.381 e. The highest BCUT2D eigenvalue weighted by molar-refractivity contribution is 5.88. The van der Waals surface area contributed by atoms with E-state index < -0.39 is 0 Å². The number of hydrogen-bond acceptors (Lipinski definition) is 3. The maximum Gasteiger partial charge on any atom is 0.320 e.